The van der Waals surface area contributed by atoms with Crippen LogP contribution in [-0.4, -0.2) is 52.9 Å². The summed E-state index contributed by atoms with van der Waals surface area (Å²) in [5.74, 6) is 0.689. The molecule has 1 unspecified atom stereocenters. The van der Waals surface area contributed by atoms with Crippen LogP contribution in [-0.2, 0) is 11.3 Å². The van der Waals surface area contributed by atoms with E-state index in [1.54, 1.807) is 17.8 Å². The van der Waals surface area contributed by atoms with Crippen LogP contribution in [0.1, 0.15) is 13.8 Å². The summed E-state index contributed by atoms with van der Waals surface area (Å²) in [5.41, 5.74) is 0. The third kappa shape index (κ3) is 3.01. The molecule has 1 fully saturated rings. The SMILES string of the molecule is CCn1cc(OC(C)C(=O)N2CCNCC2)cn1. The van der Waals surface area contributed by atoms with Crippen LogP contribution < -0.4 is 10.1 Å². The van der Waals surface area contributed by atoms with E-state index < -0.39 is 6.10 Å². The molecule has 1 aromatic rings. The topological polar surface area (TPSA) is 59.4 Å². The van der Waals surface area contributed by atoms with Crippen molar-refractivity contribution in [3.8, 4) is 5.75 Å². The first-order chi connectivity index (χ1) is 8.70. The molecule has 2 heterocycles. The number of carbonyl (C=O) groups excluding carboxylic acids is 1. The molecular formula is C12H20N4O2. The van der Waals surface area contributed by atoms with Crippen molar-refractivity contribution in [3.63, 3.8) is 0 Å². The van der Waals surface area contributed by atoms with Crippen molar-refractivity contribution in [3.05, 3.63) is 12.4 Å². The van der Waals surface area contributed by atoms with Gasteiger partial charge in [-0.2, -0.15) is 5.10 Å². The second-order valence-electron chi connectivity index (χ2n) is 4.37. The number of amides is 1. The van der Waals surface area contributed by atoms with Gasteiger partial charge in [0, 0.05) is 32.7 Å². The summed E-state index contributed by atoms with van der Waals surface area (Å²) in [6, 6.07) is 0. The number of aryl methyl sites for hydroxylation is 1. The molecule has 6 nitrogen and oxygen atoms in total. The van der Waals surface area contributed by atoms with Crippen molar-refractivity contribution in [1.29, 1.82) is 0 Å². The highest BCUT2D eigenvalue weighted by atomic mass is 16.5. The van der Waals surface area contributed by atoms with Crippen LogP contribution in [0.5, 0.6) is 5.75 Å². The largest absolute Gasteiger partial charge is 0.478 e. The molecule has 0 spiro atoms. The Morgan fingerprint density at radius 1 is 1.56 bits per heavy atom. The first kappa shape index (κ1) is 12.9. The van der Waals surface area contributed by atoms with Crippen LogP contribution >= 0.6 is 0 Å². The average molecular weight is 252 g/mol. The zero-order valence-electron chi connectivity index (χ0n) is 10.9. The second-order valence-corrected chi connectivity index (χ2v) is 4.37. The Hall–Kier alpha value is -1.56. The summed E-state index contributed by atoms with van der Waals surface area (Å²) in [6.45, 7) is 7.79. The van der Waals surface area contributed by atoms with Crippen LogP contribution in [0, 0.1) is 0 Å². The molecule has 1 saturated heterocycles. The van der Waals surface area contributed by atoms with Gasteiger partial charge in [0.1, 0.15) is 0 Å². The van der Waals surface area contributed by atoms with E-state index in [1.807, 2.05) is 18.0 Å². The minimum atomic E-state index is -0.461. The zero-order chi connectivity index (χ0) is 13.0. The minimum Gasteiger partial charge on any atom is -0.478 e. The molecule has 0 radical (unpaired) electrons. The van der Waals surface area contributed by atoms with Gasteiger partial charge in [0.25, 0.3) is 5.91 Å². The summed E-state index contributed by atoms with van der Waals surface area (Å²) >= 11 is 0. The molecule has 18 heavy (non-hydrogen) atoms. The van der Waals surface area contributed by atoms with Gasteiger partial charge in [-0.1, -0.05) is 0 Å². The van der Waals surface area contributed by atoms with Crippen LogP contribution in [0.4, 0.5) is 0 Å². The first-order valence-electron chi connectivity index (χ1n) is 6.39. The number of hydrogen-bond donors (Lipinski definition) is 1. The first-order valence-corrected chi connectivity index (χ1v) is 6.39. The number of nitrogens with one attached hydrogen (secondary N) is 1. The number of nitrogens with zero attached hydrogens (tertiary/aromatic N) is 3. The number of rotatable bonds is 4. The lowest BCUT2D eigenvalue weighted by atomic mass is 10.3. The number of carbonyl (C=O) groups is 1. The predicted molar refractivity (Wildman–Crippen MR) is 67.4 cm³/mol. The van der Waals surface area contributed by atoms with Gasteiger partial charge in [0.2, 0.25) is 0 Å². The van der Waals surface area contributed by atoms with E-state index in [4.69, 9.17) is 4.74 Å². The molecule has 1 atom stereocenters. The lowest BCUT2D eigenvalue weighted by molar-refractivity contribution is -0.138. The van der Waals surface area contributed by atoms with Gasteiger partial charge in [-0.05, 0) is 13.8 Å². The van der Waals surface area contributed by atoms with Gasteiger partial charge in [0.05, 0.1) is 12.4 Å². The predicted octanol–water partition coefficient (Wildman–Crippen LogP) is 0.102. The number of piperazine rings is 1. The molecule has 1 amide bonds. The van der Waals surface area contributed by atoms with E-state index in [0.29, 0.717) is 5.75 Å². The van der Waals surface area contributed by atoms with Crippen molar-refractivity contribution in [1.82, 2.24) is 20.0 Å². The Morgan fingerprint density at radius 2 is 2.28 bits per heavy atom. The summed E-state index contributed by atoms with van der Waals surface area (Å²) in [4.78, 5) is 14.0. The highest BCUT2D eigenvalue weighted by Gasteiger charge is 2.23. The van der Waals surface area contributed by atoms with Crippen molar-refractivity contribution in [2.45, 2.75) is 26.5 Å². The van der Waals surface area contributed by atoms with Gasteiger partial charge in [-0.25, -0.2) is 0 Å². The Balaban J connectivity index is 1.89. The standard InChI is InChI=1S/C12H20N4O2/c1-3-16-9-11(8-14-16)18-10(2)12(17)15-6-4-13-5-7-15/h8-10,13H,3-7H2,1-2H3. The molecular weight excluding hydrogens is 232 g/mol. The Morgan fingerprint density at radius 3 is 2.89 bits per heavy atom. The fourth-order valence-corrected chi connectivity index (χ4v) is 1.98. The van der Waals surface area contributed by atoms with Gasteiger partial charge in [-0.15, -0.1) is 0 Å². The van der Waals surface area contributed by atoms with Crippen LogP contribution in [0.15, 0.2) is 12.4 Å². The Kier molecular flexibility index (Phi) is 4.19. The molecule has 0 aliphatic carbocycles. The quantitative estimate of drug-likeness (QED) is 0.826. The molecule has 2 rings (SSSR count). The summed E-state index contributed by atoms with van der Waals surface area (Å²) < 4.78 is 7.39. The van der Waals surface area contributed by atoms with E-state index >= 15 is 0 Å². The van der Waals surface area contributed by atoms with Gasteiger partial charge < -0.3 is 15.0 Å². The zero-order valence-corrected chi connectivity index (χ0v) is 10.9. The van der Waals surface area contributed by atoms with E-state index in [2.05, 4.69) is 10.4 Å². The van der Waals surface area contributed by atoms with Crippen LogP contribution in [0.25, 0.3) is 0 Å². The van der Waals surface area contributed by atoms with Gasteiger partial charge >= 0.3 is 0 Å². The van der Waals surface area contributed by atoms with Crippen molar-refractivity contribution >= 4 is 5.91 Å². The van der Waals surface area contributed by atoms with Gasteiger partial charge in [0.15, 0.2) is 11.9 Å². The normalized spacial score (nSPS) is 17.6. The maximum absolute atomic E-state index is 12.1. The monoisotopic (exact) mass is 252 g/mol. The maximum Gasteiger partial charge on any atom is 0.263 e. The van der Waals surface area contributed by atoms with Gasteiger partial charge in [-0.3, -0.25) is 9.48 Å². The number of aromatic nitrogens is 2. The molecule has 1 aliphatic heterocycles. The molecule has 1 aromatic heterocycles. The number of ether oxygens (including phenoxy) is 1. The summed E-state index contributed by atoms with van der Waals surface area (Å²) in [5, 5.41) is 7.34. The van der Waals surface area contributed by atoms with Crippen molar-refractivity contribution < 1.29 is 9.53 Å². The highest BCUT2D eigenvalue weighted by Crippen LogP contribution is 2.12. The Bertz CT molecular complexity index is 399. The van der Waals surface area contributed by atoms with Crippen molar-refractivity contribution in [2.24, 2.45) is 0 Å². The van der Waals surface area contributed by atoms with Crippen LogP contribution in [0.2, 0.25) is 0 Å². The van der Waals surface area contributed by atoms with Crippen LogP contribution in [0.3, 0.4) is 0 Å². The third-order valence-corrected chi connectivity index (χ3v) is 3.02. The fraction of sp³-hybridized carbons (Fsp3) is 0.667. The molecule has 1 N–H and O–H groups in total. The molecule has 1 aliphatic rings. The van der Waals surface area contributed by atoms with E-state index in [0.717, 1.165) is 32.7 Å². The molecule has 6 heteroatoms. The Labute approximate surface area is 107 Å². The van der Waals surface area contributed by atoms with E-state index in [1.165, 1.54) is 0 Å². The third-order valence-electron chi connectivity index (χ3n) is 3.02. The summed E-state index contributed by atoms with van der Waals surface area (Å²) in [7, 11) is 0. The number of hydrogen-bond acceptors (Lipinski definition) is 4. The van der Waals surface area contributed by atoms with Crippen molar-refractivity contribution in [2.75, 3.05) is 26.2 Å². The lowest BCUT2D eigenvalue weighted by Crippen LogP contribution is -2.50. The lowest BCUT2D eigenvalue weighted by Gasteiger charge is -2.29. The smallest absolute Gasteiger partial charge is 0.263 e. The molecule has 100 valence electrons. The highest BCUT2D eigenvalue weighted by molar-refractivity contribution is 5.81. The second kappa shape index (κ2) is 5.86. The average Bonchev–Trinajstić information content (AvgIpc) is 2.86. The maximum atomic E-state index is 12.1. The molecule has 0 bridgehead atoms. The summed E-state index contributed by atoms with van der Waals surface area (Å²) in [6.07, 6.45) is 2.99. The van der Waals surface area contributed by atoms with E-state index in [9.17, 15) is 4.79 Å². The minimum absolute atomic E-state index is 0.0424. The fourth-order valence-electron chi connectivity index (χ4n) is 1.98. The van der Waals surface area contributed by atoms with E-state index in [-0.39, 0.29) is 5.91 Å². The molecule has 0 aromatic carbocycles. The molecule has 0 saturated carbocycles.